The van der Waals surface area contributed by atoms with Crippen LogP contribution in [0.1, 0.15) is 23.2 Å². The molecule has 1 aliphatic heterocycles. The molecule has 0 radical (unpaired) electrons. The second kappa shape index (κ2) is 8.86. The summed E-state index contributed by atoms with van der Waals surface area (Å²) >= 11 is 0. The van der Waals surface area contributed by atoms with Crippen molar-refractivity contribution in [1.82, 2.24) is 9.88 Å². The lowest BCUT2D eigenvalue weighted by atomic mass is 9.98. The van der Waals surface area contributed by atoms with E-state index in [-0.39, 0.29) is 5.91 Å². The summed E-state index contributed by atoms with van der Waals surface area (Å²) in [5, 5.41) is 0. The summed E-state index contributed by atoms with van der Waals surface area (Å²) in [7, 11) is 4.93. The number of piperidine rings is 1. The van der Waals surface area contributed by atoms with Crippen LogP contribution in [0.25, 0.3) is 11.3 Å². The van der Waals surface area contributed by atoms with Crippen LogP contribution < -0.4 is 9.47 Å². The van der Waals surface area contributed by atoms with Crippen LogP contribution in [-0.4, -0.2) is 56.8 Å². The summed E-state index contributed by atoms with van der Waals surface area (Å²) in [5.74, 6) is 1.83. The second-order valence-electron chi connectivity index (χ2n) is 6.75. The first-order chi connectivity index (χ1) is 13.1. The van der Waals surface area contributed by atoms with Crippen molar-refractivity contribution in [2.75, 3.05) is 41.0 Å². The van der Waals surface area contributed by atoms with Gasteiger partial charge in [0.1, 0.15) is 11.5 Å². The van der Waals surface area contributed by atoms with E-state index in [9.17, 15) is 4.79 Å². The molecule has 1 aromatic heterocycles. The third-order valence-corrected chi connectivity index (χ3v) is 4.87. The maximum Gasteiger partial charge on any atom is 0.255 e. The monoisotopic (exact) mass is 370 g/mol. The van der Waals surface area contributed by atoms with Gasteiger partial charge >= 0.3 is 0 Å². The van der Waals surface area contributed by atoms with Crippen molar-refractivity contribution in [3.63, 3.8) is 0 Å². The maximum absolute atomic E-state index is 12.8. The number of hydrogen-bond donors (Lipinski definition) is 0. The van der Waals surface area contributed by atoms with Gasteiger partial charge in [0.15, 0.2) is 0 Å². The molecule has 1 saturated heterocycles. The van der Waals surface area contributed by atoms with Crippen molar-refractivity contribution in [2.24, 2.45) is 5.92 Å². The molecule has 1 amide bonds. The summed E-state index contributed by atoms with van der Waals surface area (Å²) in [4.78, 5) is 19.2. The van der Waals surface area contributed by atoms with Crippen molar-refractivity contribution in [2.45, 2.75) is 12.8 Å². The zero-order valence-corrected chi connectivity index (χ0v) is 16.1. The van der Waals surface area contributed by atoms with Crippen LogP contribution in [0.2, 0.25) is 0 Å². The van der Waals surface area contributed by atoms with E-state index in [1.165, 1.54) is 0 Å². The predicted molar refractivity (Wildman–Crippen MR) is 103 cm³/mol. The van der Waals surface area contributed by atoms with E-state index in [1.54, 1.807) is 27.5 Å². The number of likely N-dealkylation sites (tertiary alicyclic amines) is 1. The highest BCUT2D eigenvalue weighted by molar-refractivity contribution is 5.94. The van der Waals surface area contributed by atoms with Gasteiger partial charge in [-0.1, -0.05) is 0 Å². The normalized spacial score (nSPS) is 16.9. The van der Waals surface area contributed by atoms with Crippen molar-refractivity contribution in [1.29, 1.82) is 0 Å². The van der Waals surface area contributed by atoms with Crippen molar-refractivity contribution in [3.05, 3.63) is 42.1 Å². The molecule has 144 valence electrons. The lowest BCUT2D eigenvalue weighted by Gasteiger charge is -2.32. The van der Waals surface area contributed by atoms with E-state index in [2.05, 4.69) is 4.98 Å². The largest absolute Gasteiger partial charge is 0.497 e. The topological polar surface area (TPSA) is 60.9 Å². The quantitative estimate of drug-likeness (QED) is 0.781. The molecule has 0 aliphatic carbocycles. The summed E-state index contributed by atoms with van der Waals surface area (Å²) in [6.45, 7) is 2.22. The highest BCUT2D eigenvalue weighted by Gasteiger charge is 2.24. The van der Waals surface area contributed by atoms with Gasteiger partial charge in [-0.3, -0.25) is 9.78 Å². The van der Waals surface area contributed by atoms with E-state index in [4.69, 9.17) is 14.2 Å². The van der Waals surface area contributed by atoms with Gasteiger partial charge in [-0.2, -0.15) is 0 Å². The zero-order chi connectivity index (χ0) is 19.2. The SMILES string of the molecule is COCC1CCCN(C(=O)c2ccc(-c3cc(OC)cc(OC)c3)nc2)C1. The summed E-state index contributed by atoms with van der Waals surface area (Å²) < 4.78 is 15.9. The Kier molecular flexibility index (Phi) is 6.29. The van der Waals surface area contributed by atoms with Gasteiger partial charge in [0.25, 0.3) is 5.91 Å². The van der Waals surface area contributed by atoms with Gasteiger partial charge in [0, 0.05) is 38.0 Å². The molecule has 1 aromatic carbocycles. The van der Waals surface area contributed by atoms with Gasteiger partial charge in [-0.25, -0.2) is 0 Å². The highest BCUT2D eigenvalue weighted by atomic mass is 16.5. The molecule has 1 aliphatic rings. The minimum Gasteiger partial charge on any atom is -0.497 e. The Morgan fingerprint density at radius 3 is 2.48 bits per heavy atom. The Morgan fingerprint density at radius 1 is 1.15 bits per heavy atom. The smallest absolute Gasteiger partial charge is 0.255 e. The Morgan fingerprint density at radius 2 is 1.89 bits per heavy atom. The minimum absolute atomic E-state index is 0.0260. The van der Waals surface area contributed by atoms with E-state index in [0.29, 0.717) is 29.6 Å². The fourth-order valence-electron chi connectivity index (χ4n) is 3.45. The van der Waals surface area contributed by atoms with Gasteiger partial charge in [0.2, 0.25) is 0 Å². The van der Waals surface area contributed by atoms with Crippen LogP contribution in [0, 0.1) is 5.92 Å². The fraction of sp³-hybridized carbons (Fsp3) is 0.429. The molecule has 6 nitrogen and oxygen atoms in total. The summed E-state index contributed by atoms with van der Waals surface area (Å²) in [6, 6.07) is 9.29. The number of ether oxygens (including phenoxy) is 3. The number of nitrogens with zero attached hydrogens (tertiary/aromatic N) is 2. The summed E-state index contributed by atoms with van der Waals surface area (Å²) in [5.41, 5.74) is 2.25. The predicted octanol–water partition coefficient (Wildman–Crippen LogP) is 3.26. The molecule has 2 aromatic rings. The lowest BCUT2D eigenvalue weighted by molar-refractivity contribution is 0.0570. The zero-order valence-electron chi connectivity index (χ0n) is 16.1. The average molecular weight is 370 g/mol. The molecule has 1 atom stereocenters. The van der Waals surface area contributed by atoms with Crippen LogP contribution >= 0.6 is 0 Å². The van der Waals surface area contributed by atoms with Gasteiger partial charge < -0.3 is 19.1 Å². The Bertz CT molecular complexity index is 752. The van der Waals surface area contributed by atoms with E-state index >= 15 is 0 Å². The van der Waals surface area contributed by atoms with Crippen LogP contribution in [0.15, 0.2) is 36.5 Å². The van der Waals surface area contributed by atoms with Crippen molar-refractivity contribution in [3.8, 4) is 22.8 Å². The number of pyridine rings is 1. The summed E-state index contributed by atoms with van der Waals surface area (Å²) in [6.07, 6.45) is 3.75. The Balaban J connectivity index is 1.76. The van der Waals surface area contributed by atoms with Gasteiger partial charge in [-0.15, -0.1) is 0 Å². The van der Waals surface area contributed by atoms with Crippen LogP contribution in [-0.2, 0) is 4.74 Å². The van der Waals surface area contributed by atoms with Gasteiger partial charge in [0.05, 0.1) is 32.1 Å². The number of aromatic nitrogens is 1. The molecule has 6 heteroatoms. The molecular weight excluding hydrogens is 344 g/mol. The number of rotatable bonds is 6. The third-order valence-electron chi connectivity index (χ3n) is 4.87. The van der Waals surface area contributed by atoms with E-state index < -0.39 is 0 Å². The van der Waals surface area contributed by atoms with Crippen molar-refractivity contribution < 1.29 is 19.0 Å². The van der Waals surface area contributed by atoms with Crippen LogP contribution in [0.4, 0.5) is 0 Å². The van der Waals surface area contributed by atoms with Crippen LogP contribution in [0.3, 0.4) is 0 Å². The molecular formula is C21H26N2O4. The first kappa shape index (κ1) is 19.2. The molecule has 0 N–H and O–H groups in total. The second-order valence-corrected chi connectivity index (χ2v) is 6.75. The number of benzene rings is 1. The van der Waals surface area contributed by atoms with Crippen molar-refractivity contribution >= 4 is 5.91 Å². The Labute approximate surface area is 160 Å². The molecule has 27 heavy (non-hydrogen) atoms. The Hall–Kier alpha value is -2.60. The molecule has 2 heterocycles. The van der Waals surface area contributed by atoms with E-state index in [1.807, 2.05) is 35.2 Å². The lowest BCUT2D eigenvalue weighted by Crippen LogP contribution is -2.41. The number of carbonyl (C=O) groups excluding carboxylic acids is 1. The number of carbonyl (C=O) groups is 1. The standard InChI is InChI=1S/C21H26N2O4/c1-25-14-15-5-4-8-23(13-15)21(24)16-6-7-20(22-12-16)17-9-18(26-2)11-19(10-17)27-3/h6-7,9-12,15H,4-5,8,13-14H2,1-3H3. The number of hydrogen-bond acceptors (Lipinski definition) is 5. The van der Waals surface area contributed by atoms with Crippen LogP contribution in [0.5, 0.6) is 11.5 Å². The number of amides is 1. The maximum atomic E-state index is 12.8. The third kappa shape index (κ3) is 4.57. The first-order valence-electron chi connectivity index (χ1n) is 9.12. The molecule has 1 unspecified atom stereocenters. The molecule has 0 spiro atoms. The average Bonchev–Trinajstić information content (AvgIpc) is 2.73. The molecule has 3 rings (SSSR count). The number of methoxy groups -OCH3 is 3. The molecule has 1 fully saturated rings. The fourth-order valence-corrected chi connectivity index (χ4v) is 3.45. The molecule has 0 bridgehead atoms. The molecule has 0 saturated carbocycles. The van der Waals surface area contributed by atoms with E-state index in [0.717, 1.165) is 37.2 Å². The first-order valence-corrected chi connectivity index (χ1v) is 9.12. The highest BCUT2D eigenvalue weighted by Crippen LogP contribution is 2.29. The minimum atomic E-state index is 0.0260. The van der Waals surface area contributed by atoms with Gasteiger partial charge in [-0.05, 0) is 43.0 Å².